The molecule has 7 heteroatoms. The number of nitro groups is 1. The normalized spacial score (nSPS) is 10.3. The van der Waals surface area contributed by atoms with Crippen molar-refractivity contribution in [3.63, 3.8) is 0 Å². The van der Waals surface area contributed by atoms with Crippen LogP contribution in [0.2, 0.25) is 0 Å². The average molecular weight is 394 g/mol. The predicted molar refractivity (Wildman–Crippen MR) is 111 cm³/mol. The second-order valence-corrected chi connectivity index (χ2v) is 6.89. The van der Waals surface area contributed by atoms with E-state index in [4.69, 9.17) is 4.74 Å². The number of para-hydroxylation sites is 1. The van der Waals surface area contributed by atoms with Crippen LogP contribution in [0, 0.1) is 10.1 Å². The summed E-state index contributed by atoms with van der Waals surface area (Å²) < 4.78 is 5.72. The molecule has 28 heavy (non-hydrogen) atoms. The van der Waals surface area contributed by atoms with Crippen LogP contribution in [-0.2, 0) is 10.5 Å². The van der Waals surface area contributed by atoms with Gasteiger partial charge in [-0.1, -0.05) is 30.3 Å². The van der Waals surface area contributed by atoms with Crippen molar-refractivity contribution in [1.29, 1.82) is 0 Å². The third-order valence-electron chi connectivity index (χ3n) is 3.77. The lowest BCUT2D eigenvalue weighted by Gasteiger charge is -2.08. The third kappa shape index (κ3) is 5.85. The first-order valence-electron chi connectivity index (χ1n) is 8.54. The van der Waals surface area contributed by atoms with Crippen molar-refractivity contribution in [3.05, 3.63) is 94.5 Å². The molecule has 3 aromatic rings. The lowest BCUT2D eigenvalue weighted by atomic mass is 10.2. The predicted octanol–water partition coefficient (Wildman–Crippen LogP) is 5.26. The molecule has 3 aromatic carbocycles. The van der Waals surface area contributed by atoms with E-state index in [1.807, 2.05) is 30.3 Å². The van der Waals surface area contributed by atoms with Gasteiger partial charge in [-0.05, 0) is 42.0 Å². The van der Waals surface area contributed by atoms with Gasteiger partial charge in [-0.25, -0.2) is 0 Å². The Labute approximate surface area is 166 Å². The molecule has 0 atom stereocenters. The Balaban J connectivity index is 1.43. The zero-order chi connectivity index (χ0) is 19.8. The Hall–Kier alpha value is -3.32. The molecular weight excluding hydrogens is 376 g/mol. The minimum Gasteiger partial charge on any atom is -0.457 e. The molecule has 0 saturated carbocycles. The van der Waals surface area contributed by atoms with Crippen molar-refractivity contribution < 1.29 is 14.5 Å². The number of hydrogen-bond acceptors (Lipinski definition) is 5. The third-order valence-corrected chi connectivity index (χ3v) is 4.77. The number of amides is 1. The molecule has 1 N–H and O–H groups in total. The highest BCUT2D eigenvalue weighted by atomic mass is 32.2. The van der Waals surface area contributed by atoms with E-state index in [1.165, 1.54) is 23.9 Å². The maximum Gasteiger partial charge on any atom is 0.269 e. The SMILES string of the molecule is O=C(CSCc1ccc([N+](=O)[O-])cc1)Nc1ccc(Oc2ccccc2)cc1. The monoisotopic (exact) mass is 394 g/mol. The van der Waals surface area contributed by atoms with E-state index in [2.05, 4.69) is 5.32 Å². The van der Waals surface area contributed by atoms with Gasteiger partial charge in [0.15, 0.2) is 0 Å². The summed E-state index contributed by atoms with van der Waals surface area (Å²) in [4.78, 5) is 22.3. The number of non-ortho nitro benzene ring substituents is 1. The van der Waals surface area contributed by atoms with Crippen LogP contribution in [0.15, 0.2) is 78.9 Å². The van der Waals surface area contributed by atoms with E-state index >= 15 is 0 Å². The van der Waals surface area contributed by atoms with Crippen LogP contribution in [0.4, 0.5) is 11.4 Å². The maximum absolute atomic E-state index is 12.1. The van der Waals surface area contributed by atoms with Crippen molar-refractivity contribution >= 4 is 29.0 Å². The first-order valence-corrected chi connectivity index (χ1v) is 9.69. The largest absolute Gasteiger partial charge is 0.457 e. The smallest absolute Gasteiger partial charge is 0.269 e. The summed E-state index contributed by atoms with van der Waals surface area (Å²) >= 11 is 1.45. The second kappa shape index (κ2) is 9.57. The Bertz CT molecular complexity index is 929. The molecule has 0 spiro atoms. The summed E-state index contributed by atoms with van der Waals surface area (Å²) in [5.41, 5.74) is 1.69. The van der Waals surface area contributed by atoms with Crippen LogP contribution in [0.1, 0.15) is 5.56 Å². The molecule has 1 amide bonds. The van der Waals surface area contributed by atoms with Gasteiger partial charge in [0.1, 0.15) is 11.5 Å². The van der Waals surface area contributed by atoms with Gasteiger partial charge in [0.05, 0.1) is 10.7 Å². The molecule has 0 unspecified atom stereocenters. The van der Waals surface area contributed by atoms with Gasteiger partial charge in [0, 0.05) is 23.6 Å². The summed E-state index contributed by atoms with van der Waals surface area (Å²) in [6, 6.07) is 23.0. The first-order chi connectivity index (χ1) is 13.6. The summed E-state index contributed by atoms with van der Waals surface area (Å²) in [5.74, 6) is 2.23. The Morgan fingerprint density at radius 1 is 0.929 bits per heavy atom. The summed E-state index contributed by atoms with van der Waals surface area (Å²) in [6.45, 7) is 0. The van der Waals surface area contributed by atoms with E-state index in [9.17, 15) is 14.9 Å². The summed E-state index contributed by atoms with van der Waals surface area (Å²) in [7, 11) is 0. The van der Waals surface area contributed by atoms with Crippen LogP contribution in [0.5, 0.6) is 11.5 Å². The molecule has 0 aliphatic heterocycles. The van der Waals surface area contributed by atoms with Crippen molar-refractivity contribution in [2.24, 2.45) is 0 Å². The van der Waals surface area contributed by atoms with Gasteiger partial charge >= 0.3 is 0 Å². The molecule has 0 aliphatic carbocycles. The topological polar surface area (TPSA) is 81.5 Å². The molecular formula is C21H18N2O4S. The number of carbonyl (C=O) groups is 1. The zero-order valence-electron chi connectivity index (χ0n) is 14.9. The number of benzene rings is 3. The van der Waals surface area contributed by atoms with Gasteiger partial charge in [-0.3, -0.25) is 14.9 Å². The molecule has 0 bridgehead atoms. The summed E-state index contributed by atoms with van der Waals surface area (Å²) in [6.07, 6.45) is 0. The van der Waals surface area contributed by atoms with Crippen LogP contribution < -0.4 is 10.1 Å². The maximum atomic E-state index is 12.1. The van der Waals surface area contributed by atoms with E-state index in [0.29, 0.717) is 22.9 Å². The fraction of sp³-hybridized carbons (Fsp3) is 0.0952. The van der Waals surface area contributed by atoms with E-state index in [0.717, 1.165) is 11.3 Å². The molecule has 0 heterocycles. The van der Waals surface area contributed by atoms with Gasteiger partial charge < -0.3 is 10.1 Å². The van der Waals surface area contributed by atoms with Gasteiger partial charge in [0.25, 0.3) is 5.69 Å². The van der Waals surface area contributed by atoms with E-state index < -0.39 is 4.92 Å². The standard InChI is InChI=1S/C21H18N2O4S/c24-21(15-28-14-16-6-10-18(11-7-16)23(25)26)22-17-8-12-20(13-9-17)27-19-4-2-1-3-5-19/h1-13H,14-15H2,(H,22,24). The Kier molecular flexibility index (Phi) is 6.64. The quantitative estimate of drug-likeness (QED) is 0.416. The number of rotatable bonds is 8. The molecule has 0 aliphatic rings. The number of anilines is 1. The second-order valence-electron chi connectivity index (χ2n) is 5.90. The number of ether oxygens (including phenoxy) is 1. The van der Waals surface area contributed by atoms with Crippen LogP contribution in [-0.4, -0.2) is 16.6 Å². The Morgan fingerprint density at radius 3 is 2.21 bits per heavy atom. The number of thioether (sulfide) groups is 1. The van der Waals surface area contributed by atoms with Crippen molar-refractivity contribution in [2.75, 3.05) is 11.1 Å². The number of carbonyl (C=O) groups excluding carboxylic acids is 1. The van der Waals surface area contributed by atoms with E-state index in [1.54, 1.807) is 36.4 Å². The van der Waals surface area contributed by atoms with Crippen molar-refractivity contribution in [1.82, 2.24) is 0 Å². The summed E-state index contributed by atoms with van der Waals surface area (Å²) in [5, 5.41) is 13.5. The minimum absolute atomic E-state index is 0.0613. The van der Waals surface area contributed by atoms with Gasteiger partial charge in [-0.15, -0.1) is 11.8 Å². The van der Waals surface area contributed by atoms with Crippen molar-refractivity contribution in [2.45, 2.75) is 5.75 Å². The molecule has 142 valence electrons. The van der Waals surface area contributed by atoms with Crippen LogP contribution in [0.25, 0.3) is 0 Å². The number of nitro benzene ring substituents is 1. The number of nitrogens with one attached hydrogen (secondary N) is 1. The fourth-order valence-corrected chi connectivity index (χ4v) is 3.19. The minimum atomic E-state index is -0.430. The van der Waals surface area contributed by atoms with Crippen LogP contribution in [0.3, 0.4) is 0 Å². The highest BCUT2D eigenvalue weighted by Gasteiger charge is 2.06. The Morgan fingerprint density at radius 2 is 1.57 bits per heavy atom. The fourth-order valence-electron chi connectivity index (χ4n) is 2.40. The van der Waals surface area contributed by atoms with Crippen molar-refractivity contribution in [3.8, 4) is 11.5 Å². The molecule has 0 fully saturated rings. The lowest BCUT2D eigenvalue weighted by Crippen LogP contribution is -2.14. The lowest BCUT2D eigenvalue weighted by molar-refractivity contribution is -0.384. The molecule has 3 rings (SSSR count). The van der Waals surface area contributed by atoms with Crippen LogP contribution >= 0.6 is 11.8 Å². The highest BCUT2D eigenvalue weighted by Crippen LogP contribution is 2.23. The molecule has 0 aromatic heterocycles. The van der Waals surface area contributed by atoms with Gasteiger partial charge in [-0.2, -0.15) is 0 Å². The zero-order valence-corrected chi connectivity index (χ0v) is 15.7. The molecule has 0 saturated heterocycles. The number of hydrogen-bond donors (Lipinski definition) is 1. The molecule has 6 nitrogen and oxygen atoms in total. The number of nitrogens with zero attached hydrogens (tertiary/aromatic N) is 1. The molecule has 0 radical (unpaired) electrons. The highest BCUT2D eigenvalue weighted by molar-refractivity contribution is 7.99. The van der Waals surface area contributed by atoms with Gasteiger partial charge in [0.2, 0.25) is 5.91 Å². The first kappa shape index (κ1) is 19.4. The average Bonchev–Trinajstić information content (AvgIpc) is 2.71. The van der Waals surface area contributed by atoms with E-state index in [-0.39, 0.29) is 11.6 Å².